The Morgan fingerprint density at radius 2 is 1.38 bits per heavy atom. The average Bonchev–Trinajstić information content (AvgIpc) is 1.72. The van der Waals surface area contributed by atoms with Crippen LogP contribution in [0, 0.1) is 6.07 Å². The SMILES string of the molecule is [F-].[Mg+2].[c-]1ccccc1. The summed E-state index contributed by atoms with van der Waals surface area (Å²) in [5.74, 6) is 0. The summed E-state index contributed by atoms with van der Waals surface area (Å²) in [6.07, 6.45) is 0. The van der Waals surface area contributed by atoms with Crippen LogP contribution < -0.4 is 4.70 Å². The maximum atomic E-state index is 2.89. The molecular formula is C6H5FMg. The van der Waals surface area contributed by atoms with Gasteiger partial charge in [0.15, 0.2) is 0 Å². The van der Waals surface area contributed by atoms with Crippen molar-refractivity contribution >= 4 is 23.1 Å². The van der Waals surface area contributed by atoms with E-state index in [0.717, 1.165) is 0 Å². The Hall–Kier alpha value is -0.0838. The average molecular weight is 120 g/mol. The van der Waals surface area contributed by atoms with Crippen molar-refractivity contribution in [2.45, 2.75) is 0 Å². The fourth-order valence-electron chi connectivity index (χ4n) is 0.342. The largest absolute Gasteiger partial charge is 2.00 e. The Bertz CT molecular complexity index is 80.5. The minimum atomic E-state index is 0. The third-order valence-corrected chi connectivity index (χ3v) is 0.607. The van der Waals surface area contributed by atoms with Crippen LogP contribution in [0.25, 0.3) is 0 Å². The molecule has 0 nitrogen and oxygen atoms in total. The molecule has 8 heavy (non-hydrogen) atoms. The summed E-state index contributed by atoms with van der Waals surface area (Å²) < 4.78 is 0. The summed E-state index contributed by atoms with van der Waals surface area (Å²) >= 11 is 0. The van der Waals surface area contributed by atoms with Crippen molar-refractivity contribution in [3.63, 3.8) is 0 Å². The van der Waals surface area contributed by atoms with E-state index in [-0.39, 0.29) is 27.8 Å². The predicted molar refractivity (Wildman–Crippen MR) is 31.0 cm³/mol. The van der Waals surface area contributed by atoms with E-state index >= 15 is 0 Å². The molecule has 0 aromatic heterocycles. The summed E-state index contributed by atoms with van der Waals surface area (Å²) in [6.45, 7) is 0. The van der Waals surface area contributed by atoms with Gasteiger partial charge in [-0.15, -0.1) is 0 Å². The number of hydrogen-bond donors (Lipinski definition) is 0. The van der Waals surface area contributed by atoms with E-state index in [0.29, 0.717) is 0 Å². The molecule has 1 aromatic rings. The van der Waals surface area contributed by atoms with Gasteiger partial charge in [-0.05, 0) is 0 Å². The van der Waals surface area contributed by atoms with Crippen LogP contribution in [0.1, 0.15) is 0 Å². The van der Waals surface area contributed by atoms with Gasteiger partial charge in [-0.25, -0.2) is 0 Å². The molecule has 2 heteroatoms. The van der Waals surface area contributed by atoms with Crippen molar-refractivity contribution in [2.24, 2.45) is 0 Å². The van der Waals surface area contributed by atoms with Crippen molar-refractivity contribution in [1.82, 2.24) is 0 Å². The van der Waals surface area contributed by atoms with Crippen molar-refractivity contribution < 1.29 is 4.70 Å². The molecule has 0 spiro atoms. The van der Waals surface area contributed by atoms with E-state index in [2.05, 4.69) is 6.07 Å². The van der Waals surface area contributed by atoms with Crippen LogP contribution in [0.2, 0.25) is 0 Å². The van der Waals surface area contributed by atoms with Crippen molar-refractivity contribution in [1.29, 1.82) is 0 Å². The van der Waals surface area contributed by atoms with Crippen molar-refractivity contribution in [2.75, 3.05) is 0 Å². The fraction of sp³-hybridized carbons (Fsp3) is 0. The summed E-state index contributed by atoms with van der Waals surface area (Å²) in [4.78, 5) is 0. The first-order valence-corrected chi connectivity index (χ1v) is 1.91. The van der Waals surface area contributed by atoms with Crippen LogP contribution in [0.4, 0.5) is 0 Å². The van der Waals surface area contributed by atoms with Gasteiger partial charge in [-0.1, -0.05) is 0 Å². The normalized spacial score (nSPS) is 6.00. The molecule has 0 saturated carbocycles. The monoisotopic (exact) mass is 120 g/mol. The van der Waals surface area contributed by atoms with Gasteiger partial charge in [0.2, 0.25) is 0 Å². The first-order chi connectivity index (χ1) is 3.00. The maximum absolute atomic E-state index is 2.89. The molecule has 0 heterocycles. The van der Waals surface area contributed by atoms with E-state index in [4.69, 9.17) is 0 Å². The van der Waals surface area contributed by atoms with E-state index in [1.54, 1.807) is 0 Å². The number of halogens is 1. The first-order valence-electron chi connectivity index (χ1n) is 1.91. The molecule has 0 N–H and O–H groups in total. The van der Waals surface area contributed by atoms with E-state index < -0.39 is 0 Å². The van der Waals surface area contributed by atoms with Crippen LogP contribution >= 0.6 is 0 Å². The number of benzene rings is 1. The van der Waals surface area contributed by atoms with E-state index in [9.17, 15) is 0 Å². The van der Waals surface area contributed by atoms with Crippen molar-refractivity contribution in [3.8, 4) is 0 Å². The molecule has 0 fully saturated rings. The van der Waals surface area contributed by atoms with Crippen molar-refractivity contribution in [3.05, 3.63) is 36.4 Å². The molecule has 1 rings (SSSR count). The zero-order valence-corrected chi connectivity index (χ0v) is 5.89. The van der Waals surface area contributed by atoms with Gasteiger partial charge in [-0.2, -0.15) is 36.4 Å². The van der Waals surface area contributed by atoms with Gasteiger partial charge in [-0.3, -0.25) is 0 Å². The topological polar surface area (TPSA) is 0 Å². The van der Waals surface area contributed by atoms with Crippen LogP contribution in [0.3, 0.4) is 0 Å². The molecule has 0 atom stereocenters. The fourth-order valence-corrected chi connectivity index (χ4v) is 0.342. The van der Waals surface area contributed by atoms with Gasteiger partial charge in [0, 0.05) is 0 Å². The number of rotatable bonds is 0. The third-order valence-electron chi connectivity index (χ3n) is 0.607. The Morgan fingerprint density at radius 1 is 0.875 bits per heavy atom. The molecule has 0 radical (unpaired) electrons. The molecule has 38 valence electrons. The summed E-state index contributed by atoms with van der Waals surface area (Å²) in [5, 5.41) is 0. The van der Waals surface area contributed by atoms with Gasteiger partial charge in [0.1, 0.15) is 0 Å². The Morgan fingerprint density at radius 3 is 1.50 bits per heavy atom. The van der Waals surface area contributed by atoms with Crippen LogP contribution in [0.15, 0.2) is 30.3 Å². The minimum Gasteiger partial charge on any atom is -1.00 e. The van der Waals surface area contributed by atoms with Crippen LogP contribution in [0.5, 0.6) is 0 Å². The molecule has 0 amide bonds. The molecule has 0 saturated heterocycles. The van der Waals surface area contributed by atoms with E-state index in [1.807, 2.05) is 30.3 Å². The summed E-state index contributed by atoms with van der Waals surface area (Å²) in [7, 11) is 0. The smallest absolute Gasteiger partial charge is 1.00 e. The molecule has 0 aliphatic rings. The molecule has 0 bridgehead atoms. The third kappa shape index (κ3) is 4.09. The Labute approximate surface area is 64.4 Å². The number of hydrogen-bond acceptors (Lipinski definition) is 0. The van der Waals surface area contributed by atoms with Gasteiger partial charge in [0.25, 0.3) is 0 Å². The second-order valence-electron chi connectivity index (χ2n) is 1.08. The van der Waals surface area contributed by atoms with Crippen LogP contribution in [-0.4, -0.2) is 23.1 Å². The van der Waals surface area contributed by atoms with E-state index in [1.165, 1.54) is 0 Å². The molecule has 0 aliphatic heterocycles. The molecule has 1 aromatic carbocycles. The first kappa shape index (κ1) is 10.8. The second-order valence-corrected chi connectivity index (χ2v) is 1.08. The minimum absolute atomic E-state index is 0. The molecule has 0 aliphatic carbocycles. The Kier molecular flexibility index (Phi) is 9.35. The van der Waals surface area contributed by atoms with Gasteiger partial charge < -0.3 is 4.70 Å². The molecular weight excluding hydrogens is 115 g/mol. The quantitative estimate of drug-likeness (QED) is 0.277. The van der Waals surface area contributed by atoms with Gasteiger partial charge >= 0.3 is 23.1 Å². The standard InChI is InChI=1S/C6H5.FH.Mg/c1-2-4-6-5-3-1;;/h1-5H;1H;/q-1;;+2/p-1. The summed E-state index contributed by atoms with van der Waals surface area (Å²) in [6, 6.07) is 12.5. The summed E-state index contributed by atoms with van der Waals surface area (Å²) in [5.41, 5.74) is 0. The zero-order valence-electron chi connectivity index (χ0n) is 4.47. The van der Waals surface area contributed by atoms with Crippen LogP contribution in [-0.2, 0) is 0 Å². The Balaban J connectivity index is 0. The molecule has 0 unspecified atom stereocenters. The zero-order chi connectivity index (χ0) is 4.24. The maximum Gasteiger partial charge on any atom is 2.00 e. The predicted octanol–water partition coefficient (Wildman–Crippen LogP) is -1.89. The second kappa shape index (κ2) is 6.92. The van der Waals surface area contributed by atoms with Gasteiger partial charge in [0.05, 0.1) is 0 Å².